The number of hydrogen-bond donors (Lipinski definition) is 0. The highest BCUT2D eigenvalue weighted by molar-refractivity contribution is 6.33. The van der Waals surface area contributed by atoms with Crippen LogP contribution in [0.1, 0.15) is 38.9 Å². The second-order valence-electron chi connectivity index (χ2n) is 31.3. The monoisotopic (exact) mass is 1940 g/mol. The van der Waals surface area contributed by atoms with Gasteiger partial charge in [-0.2, -0.15) is 0 Å². The maximum atomic E-state index is 13.2. The Bertz CT molecular complexity index is 6660. The molecular formula is C95H99Cl2FN44. The van der Waals surface area contributed by atoms with E-state index in [2.05, 4.69) is 219 Å². The fourth-order valence-electron chi connectivity index (χ4n) is 12.6. The van der Waals surface area contributed by atoms with Crippen molar-refractivity contribution in [2.75, 3.05) is 0 Å². The Morgan fingerprint density at radius 3 is 0.556 bits per heavy atom. The summed E-state index contributed by atoms with van der Waals surface area (Å²) >= 11 is 11.8. The minimum Gasteiger partial charge on any atom is -0.229 e. The van der Waals surface area contributed by atoms with E-state index < -0.39 is 0 Å². The molecule has 142 heavy (non-hydrogen) atoms. The Hall–Kier alpha value is -18.3. The molecule has 44 nitrogen and oxygen atoms in total. The van der Waals surface area contributed by atoms with Crippen LogP contribution in [0.3, 0.4) is 0 Å². The number of tetrazole rings is 11. The number of aryl methyl sites for hydroxylation is 18. The zero-order valence-electron chi connectivity index (χ0n) is 80.8. The predicted octanol–water partition coefficient (Wildman–Crippen LogP) is 13.3. The Morgan fingerprint density at radius 1 is 0.176 bits per heavy atom. The number of nitrogens with zero attached hydrogens (tertiary/aromatic N) is 44. The van der Waals surface area contributed by atoms with Crippen molar-refractivity contribution in [2.45, 2.75) is 48.5 Å². The van der Waals surface area contributed by atoms with Crippen LogP contribution in [0.2, 0.25) is 10.0 Å². The van der Waals surface area contributed by atoms with Gasteiger partial charge in [0.2, 0.25) is 0 Å². The van der Waals surface area contributed by atoms with Crippen LogP contribution >= 0.6 is 23.2 Å². The van der Waals surface area contributed by atoms with E-state index in [1.807, 2.05) is 305 Å². The van der Waals surface area contributed by atoms with Crippen molar-refractivity contribution in [1.29, 1.82) is 0 Å². The standard InChI is InChI=1S/7C9H10N4.2C8H7ClN4.C8H7FN4.C8H8N4/c7*1-7-3-5-8(6-4-7)9-10-11-12-13(9)2;1-13-8(10-11-12-13)6-3-2-4-7(9)5-6;2*1-13-8(10-11-12-13)6-4-2-3-5-7(6)9;1-12-8(9-10-11-12)7-5-3-2-4-6-7/h7*3-6H,1-2H3;3*2-5H,1H3;2-6H,1H3. The second-order valence-corrected chi connectivity index (χ2v) is 32.1. The van der Waals surface area contributed by atoms with E-state index in [-0.39, 0.29) is 5.82 Å². The molecule has 0 saturated heterocycles. The predicted molar refractivity (Wildman–Crippen MR) is 530 cm³/mol. The Balaban J connectivity index is 0.000000139. The van der Waals surface area contributed by atoms with Crippen LogP contribution in [-0.4, -0.2) is 222 Å². The first-order valence-corrected chi connectivity index (χ1v) is 44.1. The summed E-state index contributed by atoms with van der Waals surface area (Å²) in [5.74, 6) is 7.82. The van der Waals surface area contributed by atoms with E-state index in [0.29, 0.717) is 33.1 Å². The molecule has 0 fully saturated rings. The lowest BCUT2D eigenvalue weighted by atomic mass is 10.1. The van der Waals surface area contributed by atoms with Gasteiger partial charge < -0.3 is 0 Å². The lowest BCUT2D eigenvalue weighted by Crippen LogP contribution is -1.96. The Morgan fingerprint density at radius 2 is 0.352 bits per heavy atom. The van der Waals surface area contributed by atoms with Crippen molar-refractivity contribution in [3.63, 3.8) is 0 Å². The Kier molecular flexibility index (Phi) is 36.9. The number of hydrogen-bond acceptors (Lipinski definition) is 33. The van der Waals surface area contributed by atoms with Crippen molar-refractivity contribution in [3.05, 3.63) is 328 Å². The minimum absolute atomic E-state index is 0.319. The maximum Gasteiger partial charge on any atom is 0.184 e. The molecular weight excluding hydrogens is 1850 g/mol. The summed E-state index contributed by atoms with van der Waals surface area (Å²) in [5, 5.41) is 124. The van der Waals surface area contributed by atoms with Gasteiger partial charge in [0.25, 0.3) is 0 Å². The molecule has 0 unspecified atom stereocenters. The molecule has 11 aromatic carbocycles. The number of aromatic nitrogens is 44. The van der Waals surface area contributed by atoms with Gasteiger partial charge in [0.05, 0.1) is 10.6 Å². The van der Waals surface area contributed by atoms with Crippen LogP contribution < -0.4 is 0 Å². The molecule has 0 amide bonds. The average molecular weight is 1950 g/mol. The van der Waals surface area contributed by atoms with Crippen LogP contribution in [0.25, 0.3) is 125 Å². The van der Waals surface area contributed by atoms with Crippen molar-refractivity contribution in [1.82, 2.24) is 222 Å². The van der Waals surface area contributed by atoms with Gasteiger partial charge in [-0.05, 0) is 200 Å². The molecule has 0 aliphatic heterocycles. The summed E-state index contributed by atoms with van der Waals surface area (Å²) in [6.07, 6.45) is 0. The lowest BCUT2D eigenvalue weighted by Gasteiger charge is -2.00. The molecule has 47 heteroatoms. The quantitative estimate of drug-likeness (QED) is 0.116. The van der Waals surface area contributed by atoms with E-state index in [4.69, 9.17) is 23.2 Å². The number of benzene rings is 11. The van der Waals surface area contributed by atoms with E-state index >= 15 is 0 Å². The van der Waals surface area contributed by atoms with Gasteiger partial charge in [-0.1, -0.05) is 299 Å². The molecule has 0 aliphatic carbocycles. The third-order valence-corrected chi connectivity index (χ3v) is 20.9. The molecule has 0 spiro atoms. The van der Waals surface area contributed by atoms with Gasteiger partial charge in [-0.15, -0.1) is 56.1 Å². The topological polar surface area (TPSA) is 480 Å². The Labute approximate surface area is 824 Å². The van der Waals surface area contributed by atoms with Crippen LogP contribution in [-0.2, 0) is 77.5 Å². The van der Waals surface area contributed by atoms with E-state index in [9.17, 15) is 4.39 Å². The fourth-order valence-corrected chi connectivity index (χ4v) is 13.0. The van der Waals surface area contributed by atoms with Crippen LogP contribution in [0.5, 0.6) is 0 Å². The molecule has 22 aromatic rings. The van der Waals surface area contributed by atoms with Crippen molar-refractivity contribution < 1.29 is 4.39 Å². The third kappa shape index (κ3) is 29.4. The van der Waals surface area contributed by atoms with E-state index in [1.54, 1.807) is 86.2 Å². The van der Waals surface area contributed by atoms with Gasteiger partial charge in [0.1, 0.15) is 5.82 Å². The average Bonchev–Trinajstić information content (AvgIpc) is 1.60. The first-order chi connectivity index (χ1) is 68.6. The van der Waals surface area contributed by atoms with Gasteiger partial charge in [0, 0.05) is 138 Å². The highest BCUT2D eigenvalue weighted by Gasteiger charge is 2.15. The fraction of sp³-hybridized carbons (Fsp3) is 0.189. The highest BCUT2D eigenvalue weighted by atomic mass is 35.5. The van der Waals surface area contributed by atoms with Crippen molar-refractivity contribution >= 4 is 23.2 Å². The third-order valence-electron chi connectivity index (χ3n) is 20.3. The molecule has 720 valence electrons. The molecule has 0 bridgehead atoms. The largest absolute Gasteiger partial charge is 0.229 e. The zero-order valence-corrected chi connectivity index (χ0v) is 82.3. The molecule has 0 atom stereocenters. The zero-order chi connectivity index (χ0) is 101. The molecule has 0 N–H and O–H groups in total. The molecule has 11 aromatic heterocycles. The van der Waals surface area contributed by atoms with Crippen LogP contribution in [0.15, 0.2) is 273 Å². The summed E-state index contributed by atoms with van der Waals surface area (Å²) in [5.41, 5.74) is 19.1. The van der Waals surface area contributed by atoms with Gasteiger partial charge in [-0.25, -0.2) is 55.9 Å². The summed E-state index contributed by atoms with van der Waals surface area (Å²) in [4.78, 5) is 0. The molecule has 11 heterocycles. The second kappa shape index (κ2) is 51.0. The summed E-state index contributed by atoms with van der Waals surface area (Å²) in [6, 6.07) is 88.0. The minimum atomic E-state index is -0.319. The van der Waals surface area contributed by atoms with Crippen molar-refractivity contribution in [2.24, 2.45) is 77.5 Å². The summed E-state index contributed by atoms with van der Waals surface area (Å²) in [6.45, 7) is 14.4. The molecule has 22 rings (SSSR count). The maximum absolute atomic E-state index is 13.2. The van der Waals surface area contributed by atoms with E-state index in [1.165, 1.54) is 49.7 Å². The first-order valence-electron chi connectivity index (χ1n) is 43.4. The van der Waals surface area contributed by atoms with Gasteiger partial charge in [0.15, 0.2) is 64.1 Å². The van der Waals surface area contributed by atoms with Crippen molar-refractivity contribution in [3.8, 4) is 125 Å². The van der Waals surface area contributed by atoms with E-state index in [0.717, 1.165) is 102 Å². The van der Waals surface area contributed by atoms with Crippen LogP contribution in [0.4, 0.5) is 4.39 Å². The van der Waals surface area contributed by atoms with Crippen LogP contribution in [0, 0.1) is 54.3 Å². The lowest BCUT2D eigenvalue weighted by molar-refractivity contribution is 0.627. The molecule has 0 aliphatic rings. The van der Waals surface area contributed by atoms with Gasteiger partial charge >= 0.3 is 0 Å². The SMILES string of the molecule is Cc1ccc(-c2nnnn2C)cc1.Cc1ccc(-c2nnnn2C)cc1.Cc1ccc(-c2nnnn2C)cc1.Cc1ccc(-c2nnnn2C)cc1.Cc1ccc(-c2nnnn2C)cc1.Cc1ccc(-c2nnnn2C)cc1.Cc1ccc(-c2nnnn2C)cc1.Cn1nnnc1-c1cccc(Cl)c1.Cn1nnnc1-c1ccccc1.Cn1nnnc1-c1ccccc1Cl.Cn1nnnc1-c1ccccc1F. The summed E-state index contributed by atoms with van der Waals surface area (Å²) in [7, 11) is 19.9. The van der Waals surface area contributed by atoms with Gasteiger partial charge in [-0.3, -0.25) is 0 Å². The number of halogens is 3. The molecule has 0 saturated carbocycles. The first kappa shape index (κ1) is 103. The summed E-state index contributed by atoms with van der Waals surface area (Å²) < 4.78 is 31.1. The normalized spacial score (nSPS) is 10.3. The smallest absolute Gasteiger partial charge is 0.184 e. The number of rotatable bonds is 11. The highest BCUT2D eigenvalue weighted by Crippen LogP contribution is 2.27. The molecule has 0 radical (unpaired) electrons.